The lowest BCUT2D eigenvalue weighted by molar-refractivity contribution is -0.146. The molecule has 0 radical (unpaired) electrons. The molecule has 6 nitrogen and oxygen atoms in total. The first-order chi connectivity index (χ1) is 12.1. The van der Waals surface area contributed by atoms with Crippen LogP contribution >= 0.6 is 0 Å². The molecule has 0 N–H and O–H groups in total. The van der Waals surface area contributed by atoms with Gasteiger partial charge < -0.3 is 9.80 Å². The summed E-state index contributed by atoms with van der Waals surface area (Å²) < 4.78 is 1.77. The average Bonchev–Trinajstić information content (AvgIpc) is 3.22. The molecular formula is C19H28N4O2. The van der Waals surface area contributed by atoms with E-state index in [0.717, 1.165) is 38.9 Å². The molecule has 1 aliphatic carbocycles. The van der Waals surface area contributed by atoms with Crippen molar-refractivity contribution in [2.75, 3.05) is 26.2 Å². The van der Waals surface area contributed by atoms with Crippen LogP contribution in [0.15, 0.2) is 12.3 Å². The largest absolute Gasteiger partial charge is 0.342 e. The van der Waals surface area contributed by atoms with Crippen molar-refractivity contribution in [3.63, 3.8) is 0 Å². The minimum atomic E-state index is -0.342. The average molecular weight is 344 g/mol. The van der Waals surface area contributed by atoms with Gasteiger partial charge in [0.2, 0.25) is 5.91 Å². The molecule has 1 aromatic rings. The Labute approximate surface area is 149 Å². The molecule has 3 heterocycles. The number of piperidine rings is 1. The Morgan fingerprint density at radius 3 is 2.80 bits per heavy atom. The second-order valence-electron chi connectivity index (χ2n) is 7.97. The molecule has 4 rings (SSSR count). The van der Waals surface area contributed by atoms with E-state index in [1.165, 1.54) is 19.3 Å². The molecule has 0 aromatic carbocycles. The minimum Gasteiger partial charge on any atom is -0.342 e. The molecule has 2 amide bonds. The maximum atomic E-state index is 13.1. The first kappa shape index (κ1) is 16.6. The van der Waals surface area contributed by atoms with Gasteiger partial charge in [0.15, 0.2) is 0 Å². The van der Waals surface area contributed by atoms with Crippen LogP contribution in [0, 0.1) is 11.3 Å². The Kier molecular flexibility index (Phi) is 4.29. The zero-order valence-electron chi connectivity index (χ0n) is 15.1. The van der Waals surface area contributed by atoms with Crippen LogP contribution < -0.4 is 0 Å². The molecule has 6 heteroatoms. The number of carbonyl (C=O) groups excluding carboxylic acids is 2. The minimum absolute atomic E-state index is 0.0343. The predicted octanol–water partition coefficient (Wildman–Crippen LogP) is 2.16. The second kappa shape index (κ2) is 6.46. The number of aryl methyl sites for hydroxylation is 1. The number of nitrogens with zero attached hydrogens (tertiary/aromatic N) is 4. The maximum Gasteiger partial charge on any atom is 0.274 e. The molecule has 3 aliphatic rings. The van der Waals surface area contributed by atoms with Gasteiger partial charge in [-0.05, 0) is 51.0 Å². The van der Waals surface area contributed by atoms with E-state index in [0.29, 0.717) is 30.6 Å². The molecular weight excluding hydrogens is 316 g/mol. The van der Waals surface area contributed by atoms with Crippen LogP contribution in [0.4, 0.5) is 0 Å². The van der Waals surface area contributed by atoms with Crippen LogP contribution in [-0.2, 0) is 11.3 Å². The number of aromatic nitrogens is 2. The van der Waals surface area contributed by atoms with Crippen molar-refractivity contribution in [3.05, 3.63) is 18.0 Å². The smallest absolute Gasteiger partial charge is 0.274 e. The van der Waals surface area contributed by atoms with E-state index < -0.39 is 0 Å². The lowest BCUT2D eigenvalue weighted by Gasteiger charge is -2.42. The highest BCUT2D eigenvalue weighted by Gasteiger charge is 2.49. The lowest BCUT2D eigenvalue weighted by Crippen LogP contribution is -2.52. The van der Waals surface area contributed by atoms with Crippen molar-refractivity contribution in [3.8, 4) is 0 Å². The highest BCUT2D eigenvalue weighted by Crippen LogP contribution is 2.41. The predicted molar refractivity (Wildman–Crippen MR) is 94.0 cm³/mol. The Hall–Kier alpha value is -1.85. The summed E-state index contributed by atoms with van der Waals surface area (Å²) in [6.07, 6.45) is 8.46. The summed E-state index contributed by atoms with van der Waals surface area (Å²) in [6, 6.07) is 1.78. The number of likely N-dealkylation sites (tertiary alicyclic amines) is 2. The number of hydrogen-bond acceptors (Lipinski definition) is 3. The maximum absolute atomic E-state index is 13.1. The van der Waals surface area contributed by atoms with Crippen LogP contribution in [0.3, 0.4) is 0 Å². The fourth-order valence-corrected chi connectivity index (χ4v) is 4.55. The molecule has 1 aromatic heterocycles. The van der Waals surface area contributed by atoms with E-state index in [1.54, 1.807) is 10.7 Å². The van der Waals surface area contributed by atoms with Gasteiger partial charge in [0, 0.05) is 38.9 Å². The van der Waals surface area contributed by atoms with Gasteiger partial charge >= 0.3 is 0 Å². The van der Waals surface area contributed by atoms with Gasteiger partial charge in [-0.2, -0.15) is 5.10 Å². The second-order valence-corrected chi connectivity index (χ2v) is 7.97. The van der Waals surface area contributed by atoms with Crippen molar-refractivity contribution in [1.29, 1.82) is 0 Å². The van der Waals surface area contributed by atoms with Crippen molar-refractivity contribution in [2.24, 2.45) is 11.3 Å². The molecule has 2 aliphatic heterocycles. The number of rotatable bonds is 4. The lowest BCUT2D eigenvalue weighted by atomic mass is 9.77. The fourth-order valence-electron chi connectivity index (χ4n) is 4.55. The van der Waals surface area contributed by atoms with Gasteiger partial charge in [-0.25, -0.2) is 0 Å². The third-order valence-corrected chi connectivity index (χ3v) is 6.35. The fraction of sp³-hybridized carbons (Fsp3) is 0.737. The number of amides is 2. The summed E-state index contributed by atoms with van der Waals surface area (Å²) >= 11 is 0. The van der Waals surface area contributed by atoms with Gasteiger partial charge in [-0.1, -0.05) is 6.42 Å². The normalized spacial score (nSPS) is 27.2. The third kappa shape index (κ3) is 2.96. The van der Waals surface area contributed by atoms with E-state index in [9.17, 15) is 9.59 Å². The molecule has 2 saturated heterocycles. The molecule has 0 bridgehead atoms. The Morgan fingerprint density at radius 2 is 2.12 bits per heavy atom. The van der Waals surface area contributed by atoms with Crippen LogP contribution in [0.2, 0.25) is 0 Å². The van der Waals surface area contributed by atoms with Crippen molar-refractivity contribution in [2.45, 2.75) is 52.0 Å². The van der Waals surface area contributed by atoms with E-state index in [2.05, 4.69) is 10.00 Å². The zero-order chi connectivity index (χ0) is 17.4. The van der Waals surface area contributed by atoms with Gasteiger partial charge in [0.25, 0.3) is 5.91 Å². The SMILES string of the molecule is CCn1ccc(C(=O)N2CCC3(CCCN(CC4CCC4)C3=O)C2)n1. The monoisotopic (exact) mass is 344 g/mol. The van der Waals surface area contributed by atoms with Crippen molar-refractivity contribution < 1.29 is 9.59 Å². The topological polar surface area (TPSA) is 58.4 Å². The molecule has 1 spiro atoms. The molecule has 1 unspecified atom stereocenters. The third-order valence-electron chi connectivity index (χ3n) is 6.35. The van der Waals surface area contributed by atoms with E-state index >= 15 is 0 Å². The summed E-state index contributed by atoms with van der Waals surface area (Å²) in [4.78, 5) is 29.8. The highest BCUT2D eigenvalue weighted by atomic mass is 16.2. The summed E-state index contributed by atoms with van der Waals surface area (Å²) in [5.74, 6) is 0.962. The van der Waals surface area contributed by atoms with Crippen LogP contribution in [-0.4, -0.2) is 57.6 Å². The Bertz CT molecular complexity index is 666. The summed E-state index contributed by atoms with van der Waals surface area (Å²) in [6.45, 7) is 5.81. The standard InChI is InChI=1S/C19H28N4O2/c1-2-23-11-7-16(20-23)17(24)22-12-9-19(14-22)8-4-10-21(18(19)25)13-15-5-3-6-15/h7,11,15H,2-6,8-10,12-14H2,1H3. The van der Waals surface area contributed by atoms with Crippen molar-refractivity contribution >= 4 is 11.8 Å². The Balaban J connectivity index is 1.44. The molecule has 1 saturated carbocycles. The van der Waals surface area contributed by atoms with Crippen LogP contribution in [0.5, 0.6) is 0 Å². The quantitative estimate of drug-likeness (QED) is 0.841. The molecule has 1 atom stereocenters. The van der Waals surface area contributed by atoms with Crippen LogP contribution in [0.1, 0.15) is 55.9 Å². The highest BCUT2D eigenvalue weighted by molar-refractivity contribution is 5.93. The molecule has 3 fully saturated rings. The van der Waals surface area contributed by atoms with Gasteiger partial charge in [-0.15, -0.1) is 0 Å². The van der Waals surface area contributed by atoms with E-state index in [4.69, 9.17) is 0 Å². The Morgan fingerprint density at radius 1 is 1.28 bits per heavy atom. The summed E-state index contributed by atoms with van der Waals surface area (Å²) in [5.41, 5.74) is 0.152. The summed E-state index contributed by atoms with van der Waals surface area (Å²) in [5, 5.41) is 4.33. The van der Waals surface area contributed by atoms with Gasteiger partial charge in [0.1, 0.15) is 5.69 Å². The molecule has 25 heavy (non-hydrogen) atoms. The van der Waals surface area contributed by atoms with Crippen LogP contribution in [0.25, 0.3) is 0 Å². The van der Waals surface area contributed by atoms with E-state index in [1.807, 2.05) is 18.0 Å². The number of carbonyl (C=O) groups is 2. The first-order valence-electron chi connectivity index (χ1n) is 9.73. The molecule has 136 valence electrons. The number of hydrogen-bond donors (Lipinski definition) is 0. The zero-order valence-corrected chi connectivity index (χ0v) is 15.1. The van der Waals surface area contributed by atoms with Gasteiger partial charge in [0.05, 0.1) is 5.41 Å². The first-order valence-corrected chi connectivity index (χ1v) is 9.73. The summed E-state index contributed by atoms with van der Waals surface area (Å²) in [7, 11) is 0. The van der Waals surface area contributed by atoms with Crippen molar-refractivity contribution in [1.82, 2.24) is 19.6 Å². The van der Waals surface area contributed by atoms with E-state index in [-0.39, 0.29) is 11.3 Å². The van der Waals surface area contributed by atoms with Gasteiger partial charge in [-0.3, -0.25) is 14.3 Å².